The van der Waals surface area contributed by atoms with E-state index in [0.717, 1.165) is 6.42 Å². The van der Waals surface area contributed by atoms with E-state index in [9.17, 15) is 13.2 Å². The molecular weight excluding hydrogens is 242 g/mol. The molecule has 0 aromatic carbocycles. The molecule has 1 aliphatic heterocycles. The van der Waals surface area contributed by atoms with Crippen molar-refractivity contribution < 1.29 is 18.3 Å². The second-order valence-corrected chi connectivity index (χ2v) is 6.95. The summed E-state index contributed by atoms with van der Waals surface area (Å²) in [6.07, 6.45) is 2.02. The average molecular weight is 263 g/mol. The summed E-state index contributed by atoms with van der Waals surface area (Å²) in [4.78, 5) is 11.0. The molecule has 1 fully saturated rings. The van der Waals surface area contributed by atoms with Crippen molar-refractivity contribution in [2.24, 2.45) is 11.8 Å². The maximum atomic E-state index is 12.0. The molecule has 2 unspecified atom stereocenters. The van der Waals surface area contributed by atoms with Gasteiger partial charge in [0.15, 0.2) is 0 Å². The zero-order chi connectivity index (χ0) is 13.1. The first kappa shape index (κ1) is 14.4. The molecule has 1 aliphatic rings. The minimum absolute atomic E-state index is 0.112. The lowest BCUT2D eigenvalue weighted by Crippen LogP contribution is -2.46. The number of piperidine rings is 1. The Morgan fingerprint density at radius 1 is 1.41 bits per heavy atom. The first-order valence-corrected chi connectivity index (χ1v) is 7.68. The third-order valence-corrected chi connectivity index (χ3v) is 5.01. The van der Waals surface area contributed by atoms with Gasteiger partial charge in [-0.1, -0.05) is 20.3 Å². The van der Waals surface area contributed by atoms with Gasteiger partial charge >= 0.3 is 5.97 Å². The van der Waals surface area contributed by atoms with Gasteiger partial charge in [0.1, 0.15) is 0 Å². The number of aliphatic carboxylic acids is 1. The van der Waals surface area contributed by atoms with Gasteiger partial charge in [0.25, 0.3) is 0 Å². The lowest BCUT2D eigenvalue weighted by atomic mass is 9.92. The highest BCUT2D eigenvalue weighted by Crippen LogP contribution is 2.24. The van der Waals surface area contributed by atoms with E-state index in [0.29, 0.717) is 19.4 Å². The van der Waals surface area contributed by atoms with Crippen LogP contribution in [0.1, 0.15) is 33.1 Å². The number of carbonyl (C=O) groups is 1. The average Bonchev–Trinajstić information content (AvgIpc) is 2.25. The summed E-state index contributed by atoms with van der Waals surface area (Å²) >= 11 is 0. The number of rotatable bonds is 5. The van der Waals surface area contributed by atoms with Gasteiger partial charge < -0.3 is 5.11 Å². The zero-order valence-corrected chi connectivity index (χ0v) is 11.2. The van der Waals surface area contributed by atoms with E-state index in [1.54, 1.807) is 0 Å². The maximum absolute atomic E-state index is 12.0. The van der Waals surface area contributed by atoms with Crippen LogP contribution >= 0.6 is 0 Å². The van der Waals surface area contributed by atoms with Crippen LogP contribution in [0.2, 0.25) is 0 Å². The number of hydrogen-bond donors (Lipinski definition) is 1. The van der Waals surface area contributed by atoms with Crippen molar-refractivity contribution in [3.05, 3.63) is 0 Å². The van der Waals surface area contributed by atoms with E-state index in [4.69, 9.17) is 5.11 Å². The van der Waals surface area contributed by atoms with E-state index in [2.05, 4.69) is 0 Å². The topological polar surface area (TPSA) is 74.7 Å². The van der Waals surface area contributed by atoms with Crippen LogP contribution in [0.3, 0.4) is 0 Å². The lowest BCUT2D eigenvalue weighted by molar-refractivity contribution is -0.143. The molecule has 2 atom stereocenters. The normalized spacial score (nSPS) is 26.9. The monoisotopic (exact) mass is 263 g/mol. The van der Waals surface area contributed by atoms with E-state index in [1.165, 1.54) is 4.31 Å². The minimum Gasteiger partial charge on any atom is -0.481 e. The van der Waals surface area contributed by atoms with Crippen molar-refractivity contribution in [2.75, 3.05) is 18.8 Å². The number of sulfonamides is 1. The first-order chi connectivity index (χ1) is 7.86. The molecule has 1 rings (SSSR count). The Hall–Kier alpha value is -0.620. The Morgan fingerprint density at radius 3 is 2.59 bits per heavy atom. The van der Waals surface area contributed by atoms with Crippen LogP contribution in [0.15, 0.2) is 0 Å². The predicted molar refractivity (Wildman–Crippen MR) is 65.2 cm³/mol. The van der Waals surface area contributed by atoms with Crippen LogP contribution in [0.25, 0.3) is 0 Å². The van der Waals surface area contributed by atoms with Gasteiger partial charge in [0.05, 0.1) is 11.7 Å². The molecule has 17 heavy (non-hydrogen) atoms. The fraction of sp³-hybridized carbons (Fsp3) is 0.909. The maximum Gasteiger partial charge on any atom is 0.307 e. The number of hydrogen-bond acceptors (Lipinski definition) is 3. The standard InChI is InChI=1S/C11H21NO4S/c1-3-4-5-17(15,16)12-7-9(2)6-10(8-12)11(13)14/h9-10H,3-8H2,1-2H3,(H,13,14). The second-order valence-electron chi connectivity index (χ2n) is 4.86. The Morgan fingerprint density at radius 2 is 2.06 bits per heavy atom. The van der Waals surface area contributed by atoms with Gasteiger partial charge in [-0.3, -0.25) is 4.79 Å². The van der Waals surface area contributed by atoms with Gasteiger partial charge in [0, 0.05) is 13.1 Å². The SMILES string of the molecule is CCCCS(=O)(=O)N1CC(C)CC(C(=O)O)C1. The molecule has 5 nitrogen and oxygen atoms in total. The van der Waals surface area contributed by atoms with E-state index in [1.807, 2.05) is 13.8 Å². The number of carboxylic acids is 1. The molecule has 1 saturated heterocycles. The van der Waals surface area contributed by atoms with Crippen LogP contribution < -0.4 is 0 Å². The second kappa shape index (κ2) is 5.82. The Kier molecular flexibility index (Phi) is 4.94. The molecule has 0 spiro atoms. The van der Waals surface area contributed by atoms with Crippen molar-refractivity contribution in [3.63, 3.8) is 0 Å². The smallest absolute Gasteiger partial charge is 0.307 e. The van der Waals surface area contributed by atoms with Gasteiger partial charge in [-0.15, -0.1) is 0 Å². The summed E-state index contributed by atoms with van der Waals surface area (Å²) in [5.41, 5.74) is 0. The van der Waals surface area contributed by atoms with Gasteiger partial charge in [-0.05, 0) is 18.8 Å². The van der Waals surface area contributed by atoms with Crippen LogP contribution in [-0.4, -0.2) is 42.6 Å². The molecule has 0 radical (unpaired) electrons. The summed E-state index contributed by atoms with van der Waals surface area (Å²) in [6, 6.07) is 0. The van der Waals surface area contributed by atoms with Crippen LogP contribution in [-0.2, 0) is 14.8 Å². The number of nitrogens with zero attached hydrogens (tertiary/aromatic N) is 1. The highest BCUT2D eigenvalue weighted by Gasteiger charge is 2.34. The van der Waals surface area contributed by atoms with Crippen molar-refractivity contribution in [2.45, 2.75) is 33.1 Å². The Balaban J connectivity index is 2.73. The largest absolute Gasteiger partial charge is 0.481 e. The summed E-state index contributed by atoms with van der Waals surface area (Å²) < 4.78 is 25.3. The van der Waals surface area contributed by atoms with Crippen LogP contribution in [0, 0.1) is 11.8 Å². The molecule has 1 N–H and O–H groups in total. The zero-order valence-electron chi connectivity index (χ0n) is 10.4. The number of carboxylic acid groups (broad SMARTS) is 1. The van der Waals surface area contributed by atoms with E-state index in [-0.39, 0.29) is 18.2 Å². The van der Waals surface area contributed by atoms with Crippen molar-refractivity contribution in [3.8, 4) is 0 Å². The Labute approximate surface area is 103 Å². The summed E-state index contributed by atoms with van der Waals surface area (Å²) in [5.74, 6) is -1.22. The summed E-state index contributed by atoms with van der Waals surface area (Å²) in [6.45, 7) is 4.42. The van der Waals surface area contributed by atoms with E-state index >= 15 is 0 Å². The van der Waals surface area contributed by atoms with Gasteiger partial charge in [-0.2, -0.15) is 0 Å². The molecule has 0 aliphatic carbocycles. The van der Waals surface area contributed by atoms with Crippen LogP contribution in [0.5, 0.6) is 0 Å². The van der Waals surface area contributed by atoms with Crippen LogP contribution in [0.4, 0.5) is 0 Å². The molecule has 0 aromatic rings. The molecule has 0 bridgehead atoms. The van der Waals surface area contributed by atoms with Crippen molar-refractivity contribution >= 4 is 16.0 Å². The third kappa shape index (κ3) is 3.96. The number of unbranched alkanes of at least 4 members (excludes halogenated alkanes) is 1. The Bertz CT molecular complexity index is 366. The molecule has 0 amide bonds. The summed E-state index contributed by atoms with van der Waals surface area (Å²) in [5, 5.41) is 8.99. The molecule has 100 valence electrons. The molecule has 1 heterocycles. The fourth-order valence-corrected chi connectivity index (χ4v) is 3.96. The highest BCUT2D eigenvalue weighted by atomic mass is 32.2. The highest BCUT2D eigenvalue weighted by molar-refractivity contribution is 7.89. The van der Waals surface area contributed by atoms with Crippen molar-refractivity contribution in [1.82, 2.24) is 4.31 Å². The van der Waals surface area contributed by atoms with E-state index < -0.39 is 21.9 Å². The molecule has 0 saturated carbocycles. The first-order valence-electron chi connectivity index (χ1n) is 6.07. The lowest BCUT2D eigenvalue weighted by Gasteiger charge is -2.33. The summed E-state index contributed by atoms with van der Waals surface area (Å²) in [7, 11) is -3.27. The predicted octanol–water partition coefficient (Wildman–Crippen LogP) is 1.16. The van der Waals surface area contributed by atoms with Gasteiger partial charge in [0.2, 0.25) is 10.0 Å². The van der Waals surface area contributed by atoms with Gasteiger partial charge in [-0.25, -0.2) is 12.7 Å². The quantitative estimate of drug-likeness (QED) is 0.807. The molecule has 0 aromatic heterocycles. The van der Waals surface area contributed by atoms with Crippen molar-refractivity contribution in [1.29, 1.82) is 0 Å². The third-order valence-electron chi connectivity index (χ3n) is 3.12. The minimum atomic E-state index is -3.27. The fourth-order valence-electron chi connectivity index (χ4n) is 2.16. The molecular formula is C11H21NO4S. The molecule has 6 heteroatoms.